The number of benzene rings is 2. The summed E-state index contributed by atoms with van der Waals surface area (Å²) in [6, 6.07) is 8.04. The predicted octanol–water partition coefficient (Wildman–Crippen LogP) is 4.26. The molecule has 0 spiro atoms. The van der Waals surface area contributed by atoms with Crippen LogP contribution in [0.2, 0.25) is 0 Å². The van der Waals surface area contributed by atoms with Crippen molar-refractivity contribution in [2.45, 2.75) is 17.8 Å². The molecule has 0 unspecified atom stereocenters. The second kappa shape index (κ2) is 5.36. The van der Waals surface area contributed by atoms with Crippen molar-refractivity contribution in [3.05, 3.63) is 59.7 Å². The van der Waals surface area contributed by atoms with Crippen LogP contribution in [0, 0.1) is 0 Å². The molecule has 0 heterocycles. The van der Waals surface area contributed by atoms with E-state index >= 15 is 0 Å². The van der Waals surface area contributed by atoms with Gasteiger partial charge in [-0.3, -0.25) is 0 Å². The summed E-state index contributed by atoms with van der Waals surface area (Å²) < 4.78 is 82.6. The Kier molecular flexibility index (Phi) is 3.96. The number of halogens is 6. The van der Waals surface area contributed by atoms with Gasteiger partial charge in [-0.25, -0.2) is 0 Å². The van der Waals surface area contributed by atoms with Gasteiger partial charge >= 0.3 is 12.4 Å². The quantitative estimate of drug-likeness (QED) is 0.637. The molecule has 0 aliphatic heterocycles. The maximum atomic E-state index is 13.8. The lowest BCUT2D eigenvalue weighted by molar-refractivity contribution is -0.288. The van der Waals surface area contributed by atoms with E-state index in [4.69, 9.17) is 11.5 Å². The molecule has 0 saturated carbocycles. The van der Waals surface area contributed by atoms with Crippen LogP contribution in [0.4, 0.5) is 37.7 Å². The minimum Gasteiger partial charge on any atom is -0.398 e. The summed E-state index contributed by atoms with van der Waals surface area (Å²) in [5, 5.41) is 0. The molecular weight excluding hydrogens is 322 g/mol. The van der Waals surface area contributed by atoms with Crippen LogP contribution >= 0.6 is 0 Å². The number of anilines is 2. The van der Waals surface area contributed by atoms with E-state index in [1.54, 1.807) is 0 Å². The number of alkyl halides is 6. The van der Waals surface area contributed by atoms with Gasteiger partial charge in [0.1, 0.15) is 0 Å². The van der Waals surface area contributed by atoms with Gasteiger partial charge in [0.25, 0.3) is 0 Å². The SMILES string of the molecule is Nc1ccccc1C(c1ccccc1N)(C(F)(F)F)C(F)(F)F. The van der Waals surface area contributed by atoms with Crippen molar-refractivity contribution in [3.8, 4) is 0 Å². The van der Waals surface area contributed by atoms with Crippen molar-refractivity contribution in [1.82, 2.24) is 0 Å². The second-order valence-corrected chi connectivity index (χ2v) is 4.92. The Morgan fingerprint density at radius 2 is 0.870 bits per heavy atom. The van der Waals surface area contributed by atoms with E-state index < -0.39 is 40.3 Å². The smallest absolute Gasteiger partial charge is 0.398 e. The van der Waals surface area contributed by atoms with Gasteiger partial charge in [0.15, 0.2) is 0 Å². The monoisotopic (exact) mass is 334 g/mol. The third-order valence-electron chi connectivity index (χ3n) is 3.58. The summed E-state index contributed by atoms with van der Waals surface area (Å²) in [4.78, 5) is 0. The number of hydrogen-bond acceptors (Lipinski definition) is 2. The number of para-hydroxylation sites is 2. The highest BCUT2D eigenvalue weighted by Crippen LogP contribution is 2.58. The number of nitrogens with two attached hydrogens (primary N) is 2. The van der Waals surface area contributed by atoms with E-state index in [0.717, 1.165) is 24.3 Å². The van der Waals surface area contributed by atoms with Crippen molar-refractivity contribution in [2.24, 2.45) is 0 Å². The first-order valence-electron chi connectivity index (χ1n) is 6.37. The summed E-state index contributed by atoms with van der Waals surface area (Å²) in [6.07, 6.45) is -11.4. The molecule has 2 nitrogen and oxygen atoms in total. The van der Waals surface area contributed by atoms with Gasteiger partial charge in [0.2, 0.25) is 5.41 Å². The zero-order valence-electron chi connectivity index (χ0n) is 11.5. The largest absolute Gasteiger partial charge is 0.411 e. The predicted molar refractivity (Wildman–Crippen MR) is 74.6 cm³/mol. The molecule has 0 bridgehead atoms. The summed E-state index contributed by atoms with van der Waals surface area (Å²) in [5.41, 5.74) is 3.15. The van der Waals surface area contributed by atoms with Gasteiger partial charge in [-0.1, -0.05) is 36.4 Å². The fraction of sp³-hybridized carbons (Fsp3) is 0.200. The average Bonchev–Trinajstić information content (AvgIpc) is 2.40. The zero-order chi connectivity index (χ0) is 17.5. The fourth-order valence-electron chi connectivity index (χ4n) is 2.59. The highest BCUT2D eigenvalue weighted by Gasteiger charge is 2.73. The molecule has 124 valence electrons. The Morgan fingerprint density at radius 1 is 0.565 bits per heavy atom. The summed E-state index contributed by atoms with van der Waals surface area (Å²) in [6.45, 7) is 0. The van der Waals surface area contributed by atoms with Crippen LogP contribution in [-0.2, 0) is 5.41 Å². The third-order valence-corrected chi connectivity index (χ3v) is 3.58. The van der Waals surface area contributed by atoms with E-state index in [1.807, 2.05) is 0 Å². The number of rotatable bonds is 2. The molecule has 4 N–H and O–H groups in total. The first-order chi connectivity index (χ1) is 10.5. The average molecular weight is 334 g/mol. The van der Waals surface area contributed by atoms with Crippen molar-refractivity contribution >= 4 is 11.4 Å². The Hall–Kier alpha value is -2.38. The van der Waals surface area contributed by atoms with Crippen molar-refractivity contribution in [1.29, 1.82) is 0 Å². The van der Waals surface area contributed by atoms with E-state index in [1.165, 1.54) is 12.1 Å². The van der Waals surface area contributed by atoms with Crippen molar-refractivity contribution in [3.63, 3.8) is 0 Å². The molecule has 0 aromatic heterocycles. The molecule has 0 aliphatic carbocycles. The van der Waals surface area contributed by atoms with E-state index in [9.17, 15) is 26.3 Å². The highest BCUT2D eigenvalue weighted by atomic mass is 19.4. The lowest BCUT2D eigenvalue weighted by atomic mass is 9.71. The van der Waals surface area contributed by atoms with Gasteiger partial charge in [0.05, 0.1) is 0 Å². The topological polar surface area (TPSA) is 52.0 Å². The Balaban J connectivity index is 3.01. The second-order valence-electron chi connectivity index (χ2n) is 4.92. The molecular formula is C15H12F6N2. The van der Waals surface area contributed by atoms with Crippen LogP contribution in [-0.4, -0.2) is 12.4 Å². The molecule has 23 heavy (non-hydrogen) atoms. The molecule has 0 amide bonds. The van der Waals surface area contributed by atoms with Gasteiger partial charge in [-0.2, -0.15) is 26.3 Å². The zero-order valence-corrected chi connectivity index (χ0v) is 11.5. The maximum Gasteiger partial charge on any atom is 0.411 e. The van der Waals surface area contributed by atoms with Gasteiger partial charge < -0.3 is 11.5 Å². The summed E-state index contributed by atoms with van der Waals surface area (Å²) >= 11 is 0. The van der Waals surface area contributed by atoms with E-state index in [2.05, 4.69) is 0 Å². The fourth-order valence-corrected chi connectivity index (χ4v) is 2.59. The minimum absolute atomic E-state index is 0.620. The highest BCUT2D eigenvalue weighted by molar-refractivity contribution is 5.63. The van der Waals surface area contributed by atoms with Crippen LogP contribution in [0.1, 0.15) is 11.1 Å². The first kappa shape index (κ1) is 17.0. The van der Waals surface area contributed by atoms with Crippen molar-refractivity contribution in [2.75, 3.05) is 11.5 Å². The molecule has 0 radical (unpaired) electrons. The number of nitrogen functional groups attached to an aromatic ring is 2. The molecule has 2 aromatic rings. The van der Waals surface area contributed by atoms with E-state index in [0.29, 0.717) is 12.1 Å². The molecule has 2 rings (SSSR count). The van der Waals surface area contributed by atoms with Crippen LogP contribution in [0.5, 0.6) is 0 Å². The Labute approximate surface area is 127 Å². The molecule has 0 aliphatic rings. The first-order valence-corrected chi connectivity index (χ1v) is 6.37. The van der Waals surface area contributed by atoms with Crippen LogP contribution in [0.3, 0.4) is 0 Å². The maximum absolute atomic E-state index is 13.8. The lowest BCUT2D eigenvalue weighted by Crippen LogP contribution is -2.55. The normalized spacial score (nSPS) is 13.1. The van der Waals surface area contributed by atoms with Crippen LogP contribution in [0.25, 0.3) is 0 Å². The standard InChI is InChI=1S/C15H12F6N2/c16-14(17,18)13(15(19,20)21,9-5-1-3-7-11(9)22)10-6-2-4-8-12(10)23/h1-8H,22-23H2. The molecule has 0 fully saturated rings. The molecule has 2 aromatic carbocycles. The van der Waals surface area contributed by atoms with Gasteiger partial charge in [0, 0.05) is 22.5 Å². The molecule has 0 saturated heterocycles. The summed E-state index contributed by atoms with van der Waals surface area (Å²) in [5.74, 6) is 0. The Bertz CT molecular complexity index is 644. The van der Waals surface area contributed by atoms with Crippen LogP contribution < -0.4 is 11.5 Å². The molecule has 8 heteroatoms. The molecule has 0 atom stereocenters. The minimum atomic E-state index is -5.70. The lowest BCUT2D eigenvalue weighted by Gasteiger charge is -2.39. The van der Waals surface area contributed by atoms with Gasteiger partial charge in [-0.05, 0) is 12.1 Å². The summed E-state index contributed by atoms with van der Waals surface area (Å²) in [7, 11) is 0. The Morgan fingerprint density at radius 3 is 1.13 bits per heavy atom. The van der Waals surface area contributed by atoms with E-state index in [-0.39, 0.29) is 0 Å². The number of hydrogen-bond donors (Lipinski definition) is 2. The van der Waals surface area contributed by atoms with Crippen molar-refractivity contribution < 1.29 is 26.3 Å². The van der Waals surface area contributed by atoms with Gasteiger partial charge in [-0.15, -0.1) is 0 Å². The van der Waals surface area contributed by atoms with Crippen LogP contribution in [0.15, 0.2) is 48.5 Å². The third kappa shape index (κ3) is 2.47.